The van der Waals surface area contributed by atoms with Gasteiger partial charge in [-0.3, -0.25) is 9.59 Å². The number of hydrogen-bond donors (Lipinski definition) is 1. The maximum Gasteiger partial charge on any atom is 0.294 e. The fourth-order valence-corrected chi connectivity index (χ4v) is 4.43. The van der Waals surface area contributed by atoms with Crippen molar-refractivity contribution >= 4 is 20.2 Å². The number of carbonyl (C=O) groups is 2. The van der Waals surface area contributed by atoms with E-state index in [1.54, 1.807) is 17.7 Å². The molecule has 0 aliphatic heterocycles. The Morgan fingerprint density at radius 3 is 2.18 bits per heavy atom. The lowest BCUT2D eigenvalue weighted by atomic mass is 9.95. The molecule has 5 heteroatoms. The molecule has 0 spiro atoms. The normalized spacial score (nSPS) is 17.9. The van der Waals surface area contributed by atoms with Crippen molar-refractivity contribution in [2.24, 2.45) is 0 Å². The summed E-state index contributed by atoms with van der Waals surface area (Å²) >= 11 is 0. The Bertz CT molecular complexity index is 293. The summed E-state index contributed by atoms with van der Waals surface area (Å²) in [6, 6.07) is 0.141. The van der Waals surface area contributed by atoms with Crippen molar-refractivity contribution in [3.63, 3.8) is 0 Å². The lowest BCUT2D eigenvalue weighted by Gasteiger charge is -2.40. The highest BCUT2D eigenvalue weighted by Gasteiger charge is 2.37. The van der Waals surface area contributed by atoms with Gasteiger partial charge in [-0.25, -0.2) is 0 Å². The Labute approximate surface area is 104 Å². The molecule has 0 radical (unpaired) electrons. The molecule has 1 fully saturated rings. The Morgan fingerprint density at radius 1 is 1.24 bits per heavy atom. The van der Waals surface area contributed by atoms with Crippen molar-refractivity contribution in [2.45, 2.75) is 64.6 Å². The van der Waals surface area contributed by atoms with Gasteiger partial charge in [0.05, 0.1) is 6.42 Å². The van der Waals surface area contributed by atoms with E-state index in [1.165, 1.54) is 13.3 Å². The van der Waals surface area contributed by atoms with E-state index < -0.39 is 8.48 Å². The van der Waals surface area contributed by atoms with Crippen LogP contribution in [0.5, 0.6) is 0 Å². The number of carbonyl (C=O) groups excluding carboxylic acids is 2. The molecule has 1 aliphatic carbocycles. The Morgan fingerprint density at radius 2 is 1.76 bits per heavy atom. The van der Waals surface area contributed by atoms with Crippen LogP contribution in [0.3, 0.4) is 0 Å². The second kappa shape index (κ2) is 5.77. The molecule has 0 saturated heterocycles. The molecule has 0 unspecified atom stereocenters. The van der Waals surface area contributed by atoms with Crippen molar-refractivity contribution in [1.29, 1.82) is 0 Å². The summed E-state index contributed by atoms with van der Waals surface area (Å²) in [4.78, 5) is 33.4. The van der Waals surface area contributed by atoms with Gasteiger partial charge < -0.3 is 9.36 Å². The van der Waals surface area contributed by atoms with Crippen molar-refractivity contribution < 1.29 is 14.4 Å². The van der Waals surface area contributed by atoms with Gasteiger partial charge in [0.25, 0.3) is 8.48 Å². The third-order valence-corrected chi connectivity index (χ3v) is 4.99. The highest BCUT2D eigenvalue weighted by molar-refractivity contribution is 6.69. The third-order valence-electron chi connectivity index (χ3n) is 3.20. The van der Waals surface area contributed by atoms with E-state index in [4.69, 9.17) is 0 Å². The lowest BCUT2D eigenvalue weighted by Crippen LogP contribution is -2.57. The van der Waals surface area contributed by atoms with Crippen LogP contribution in [0.15, 0.2) is 0 Å². The monoisotopic (exact) mass is 257 g/mol. The molecule has 98 valence electrons. The van der Waals surface area contributed by atoms with Gasteiger partial charge >= 0.3 is 0 Å². The topological polar surface area (TPSA) is 57.6 Å². The molecule has 1 N–H and O–H groups in total. The maximum atomic E-state index is 12.1. The number of rotatable bonds is 4. The van der Waals surface area contributed by atoms with Crippen LogP contribution < -0.4 is 0 Å². The van der Waals surface area contributed by atoms with Crippen LogP contribution in [-0.2, 0) is 9.59 Å². The van der Waals surface area contributed by atoms with E-state index >= 15 is 0 Å². The number of nitrogens with zero attached hydrogens (tertiary/aromatic N) is 1. The van der Waals surface area contributed by atoms with Crippen molar-refractivity contribution in [1.82, 2.24) is 4.57 Å². The van der Waals surface area contributed by atoms with Gasteiger partial charge in [-0.1, -0.05) is 19.3 Å². The van der Waals surface area contributed by atoms with Gasteiger partial charge in [0.1, 0.15) is 5.78 Å². The first-order valence-electron chi connectivity index (χ1n) is 6.36. The maximum absolute atomic E-state index is 12.1. The van der Waals surface area contributed by atoms with Crippen LogP contribution in [-0.4, -0.2) is 35.6 Å². The number of Topliss-reactive ketones (excluding diaryl/α,β-unsaturated/α-hetero) is 1. The fourth-order valence-electron chi connectivity index (χ4n) is 2.59. The van der Waals surface area contributed by atoms with Gasteiger partial charge in [-0.05, 0) is 32.9 Å². The van der Waals surface area contributed by atoms with Crippen LogP contribution in [0.25, 0.3) is 0 Å². The van der Waals surface area contributed by atoms with Crippen LogP contribution in [0.1, 0.15) is 45.4 Å². The van der Waals surface area contributed by atoms with Gasteiger partial charge in [0.15, 0.2) is 0 Å². The highest BCUT2D eigenvalue weighted by atomic mass is 28.4. The molecule has 0 atom stereocenters. The SMILES string of the molecule is CC(=O)CC(=O)N(C1CCCCC1)[Si](C)(C)O. The molecule has 0 aromatic carbocycles. The first kappa shape index (κ1) is 14.4. The minimum absolute atomic E-state index is 0.0759. The van der Waals surface area contributed by atoms with Gasteiger partial charge in [-0.2, -0.15) is 0 Å². The summed E-state index contributed by atoms with van der Waals surface area (Å²) in [5.41, 5.74) is 0. The van der Waals surface area contributed by atoms with E-state index in [2.05, 4.69) is 0 Å². The summed E-state index contributed by atoms with van der Waals surface area (Å²) in [5, 5.41) is 0. The summed E-state index contributed by atoms with van der Waals surface area (Å²) in [5.74, 6) is -0.322. The van der Waals surface area contributed by atoms with Crippen LogP contribution in [0.4, 0.5) is 0 Å². The molecule has 1 aliphatic rings. The minimum Gasteiger partial charge on any atom is -0.415 e. The van der Waals surface area contributed by atoms with Crippen LogP contribution in [0.2, 0.25) is 13.1 Å². The number of ketones is 1. The second-order valence-corrected chi connectivity index (χ2v) is 8.90. The van der Waals surface area contributed by atoms with E-state index in [0.29, 0.717) is 0 Å². The van der Waals surface area contributed by atoms with E-state index in [-0.39, 0.29) is 24.2 Å². The average Bonchev–Trinajstić information content (AvgIpc) is 2.15. The molecule has 0 aromatic heterocycles. The first-order chi connectivity index (χ1) is 7.82. The first-order valence-corrected chi connectivity index (χ1v) is 9.26. The van der Waals surface area contributed by atoms with Gasteiger partial charge in [0, 0.05) is 6.04 Å². The molecule has 4 nitrogen and oxygen atoms in total. The fraction of sp³-hybridized carbons (Fsp3) is 0.833. The molecule has 0 bridgehead atoms. The molecule has 17 heavy (non-hydrogen) atoms. The van der Waals surface area contributed by atoms with E-state index in [1.807, 2.05) is 0 Å². The van der Waals surface area contributed by atoms with E-state index in [9.17, 15) is 14.4 Å². The predicted molar refractivity (Wildman–Crippen MR) is 68.7 cm³/mol. The quantitative estimate of drug-likeness (QED) is 0.617. The summed E-state index contributed by atoms with van der Waals surface area (Å²) in [6.07, 6.45) is 5.27. The van der Waals surface area contributed by atoms with Gasteiger partial charge in [-0.15, -0.1) is 0 Å². The molecule has 0 heterocycles. The summed E-state index contributed by atoms with van der Waals surface area (Å²) < 4.78 is 1.65. The predicted octanol–water partition coefficient (Wildman–Crippen LogP) is 1.82. The molecule has 0 aromatic rings. The molecule has 1 amide bonds. The van der Waals surface area contributed by atoms with E-state index in [0.717, 1.165) is 25.7 Å². The molecule has 1 saturated carbocycles. The zero-order valence-electron chi connectivity index (χ0n) is 11.0. The smallest absolute Gasteiger partial charge is 0.294 e. The third kappa shape index (κ3) is 4.24. The zero-order chi connectivity index (χ0) is 13.1. The number of hydrogen-bond acceptors (Lipinski definition) is 3. The van der Waals surface area contributed by atoms with Crippen molar-refractivity contribution in [2.75, 3.05) is 0 Å². The average molecular weight is 257 g/mol. The summed E-state index contributed by atoms with van der Waals surface area (Å²) in [6.45, 7) is 4.92. The van der Waals surface area contributed by atoms with Crippen LogP contribution >= 0.6 is 0 Å². The zero-order valence-corrected chi connectivity index (χ0v) is 12.0. The van der Waals surface area contributed by atoms with Gasteiger partial charge in [0.2, 0.25) is 5.91 Å². The summed E-state index contributed by atoms with van der Waals surface area (Å²) in [7, 11) is -2.67. The lowest BCUT2D eigenvalue weighted by molar-refractivity contribution is -0.133. The highest BCUT2D eigenvalue weighted by Crippen LogP contribution is 2.26. The Hall–Kier alpha value is -0.683. The minimum atomic E-state index is -2.67. The Balaban J connectivity index is 2.79. The second-order valence-electron chi connectivity index (χ2n) is 5.43. The standard InChI is InChI=1S/C12H23NO3Si/c1-10(14)9-12(15)13(17(2,3)16)11-7-5-4-6-8-11/h11,16H,4-9H2,1-3H3. The largest absolute Gasteiger partial charge is 0.415 e. The molecule has 1 rings (SSSR count). The molecular formula is C12H23NO3Si. The van der Waals surface area contributed by atoms with Crippen LogP contribution in [0, 0.1) is 0 Å². The Kier molecular flexibility index (Phi) is 4.88. The number of amides is 1. The molecular weight excluding hydrogens is 234 g/mol. The van der Waals surface area contributed by atoms with Crippen molar-refractivity contribution in [3.05, 3.63) is 0 Å². The van der Waals surface area contributed by atoms with Crippen molar-refractivity contribution in [3.8, 4) is 0 Å².